The molecule has 1 N–H and O–H groups in total. The summed E-state index contributed by atoms with van der Waals surface area (Å²) in [4.78, 5) is 0. The molecule has 2 nitrogen and oxygen atoms in total. The molecule has 0 aromatic rings. The van der Waals surface area contributed by atoms with Gasteiger partial charge in [0.2, 0.25) is 0 Å². The van der Waals surface area contributed by atoms with Gasteiger partial charge in [0.05, 0.1) is 5.60 Å². The summed E-state index contributed by atoms with van der Waals surface area (Å²) in [5.41, 5.74) is 0.940. The Morgan fingerprint density at radius 1 is 1.11 bits per heavy atom. The summed E-state index contributed by atoms with van der Waals surface area (Å²) in [5.74, 6) is 0. The van der Waals surface area contributed by atoms with Crippen molar-refractivity contribution < 1.29 is 4.74 Å². The van der Waals surface area contributed by atoms with Crippen LogP contribution in [0.25, 0.3) is 0 Å². The minimum absolute atomic E-state index is 0.261. The quantitative estimate of drug-likeness (QED) is 0.823. The smallest absolute Gasteiger partial charge is 0.0697 e. The molecule has 0 aromatic heterocycles. The lowest BCUT2D eigenvalue weighted by Crippen LogP contribution is -2.49. The van der Waals surface area contributed by atoms with E-state index < -0.39 is 0 Å². The molecule has 1 saturated heterocycles. The first-order valence-electron chi connectivity index (χ1n) is 8.13. The molecule has 2 saturated carbocycles. The molecule has 104 valence electrons. The number of hydrogen-bond acceptors (Lipinski definition) is 2. The molecule has 0 aromatic carbocycles. The van der Waals surface area contributed by atoms with Gasteiger partial charge in [0.25, 0.3) is 0 Å². The summed E-state index contributed by atoms with van der Waals surface area (Å²) in [6.45, 7) is 4.59. The zero-order valence-corrected chi connectivity index (χ0v) is 12.0. The highest BCUT2D eigenvalue weighted by atomic mass is 16.5. The van der Waals surface area contributed by atoms with Crippen LogP contribution in [0.2, 0.25) is 0 Å². The van der Waals surface area contributed by atoms with Gasteiger partial charge in [-0.3, -0.25) is 0 Å². The monoisotopic (exact) mass is 251 g/mol. The molecular weight excluding hydrogens is 222 g/mol. The van der Waals surface area contributed by atoms with Gasteiger partial charge in [0.1, 0.15) is 0 Å². The van der Waals surface area contributed by atoms with E-state index in [4.69, 9.17) is 4.74 Å². The van der Waals surface area contributed by atoms with E-state index in [1.807, 2.05) is 0 Å². The van der Waals surface area contributed by atoms with Crippen LogP contribution in [0.3, 0.4) is 0 Å². The predicted octanol–water partition coefficient (Wildman–Crippen LogP) is 3.65. The second-order valence-electron chi connectivity index (χ2n) is 7.02. The molecule has 1 spiro atoms. The molecule has 3 fully saturated rings. The third kappa shape index (κ3) is 2.75. The lowest BCUT2D eigenvalue weighted by Gasteiger charge is -2.44. The van der Waals surface area contributed by atoms with Crippen LogP contribution in [-0.4, -0.2) is 24.8 Å². The van der Waals surface area contributed by atoms with Gasteiger partial charge in [-0.05, 0) is 50.4 Å². The molecule has 2 aliphatic carbocycles. The largest absolute Gasteiger partial charge is 0.375 e. The minimum atomic E-state index is 0.261. The van der Waals surface area contributed by atoms with Crippen LogP contribution >= 0.6 is 0 Å². The van der Waals surface area contributed by atoms with Gasteiger partial charge in [0, 0.05) is 19.2 Å². The van der Waals surface area contributed by atoms with Crippen molar-refractivity contribution in [1.82, 2.24) is 5.32 Å². The van der Waals surface area contributed by atoms with Crippen molar-refractivity contribution in [2.24, 2.45) is 5.41 Å². The molecule has 3 rings (SSSR count). The third-order valence-electron chi connectivity index (χ3n) is 5.73. The highest BCUT2D eigenvalue weighted by molar-refractivity contribution is 4.97. The summed E-state index contributed by atoms with van der Waals surface area (Å²) in [7, 11) is 0. The Balaban J connectivity index is 1.50. The fourth-order valence-electron chi connectivity index (χ4n) is 3.94. The van der Waals surface area contributed by atoms with Gasteiger partial charge < -0.3 is 10.1 Å². The second-order valence-corrected chi connectivity index (χ2v) is 7.02. The van der Waals surface area contributed by atoms with Crippen molar-refractivity contribution in [3.8, 4) is 0 Å². The lowest BCUT2D eigenvalue weighted by atomic mass is 9.78. The van der Waals surface area contributed by atoms with Crippen molar-refractivity contribution in [1.29, 1.82) is 0 Å². The average Bonchev–Trinajstić information content (AvgIpc) is 3.18. The topological polar surface area (TPSA) is 21.3 Å². The fraction of sp³-hybridized carbons (Fsp3) is 1.00. The standard InChI is InChI=1S/C16H29NO/c1-2-15(9-10-15)13-17-14-6-11-18-16(12-14)7-4-3-5-8-16/h14,17H,2-13H2,1H3. The Bertz CT molecular complexity index is 273. The molecule has 3 aliphatic rings. The number of nitrogens with one attached hydrogen (secondary N) is 1. The molecule has 1 aliphatic heterocycles. The van der Waals surface area contributed by atoms with Crippen LogP contribution in [0.15, 0.2) is 0 Å². The lowest BCUT2D eigenvalue weighted by molar-refractivity contribution is -0.109. The van der Waals surface area contributed by atoms with Gasteiger partial charge in [-0.1, -0.05) is 26.2 Å². The number of rotatable bonds is 4. The molecule has 0 amide bonds. The van der Waals surface area contributed by atoms with E-state index in [-0.39, 0.29) is 5.60 Å². The maximum atomic E-state index is 6.17. The van der Waals surface area contributed by atoms with Crippen LogP contribution in [0, 0.1) is 5.41 Å². The summed E-state index contributed by atoms with van der Waals surface area (Å²) in [5, 5.41) is 3.87. The molecular formula is C16H29NO. The van der Waals surface area contributed by atoms with E-state index in [1.54, 1.807) is 0 Å². The Morgan fingerprint density at radius 3 is 2.56 bits per heavy atom. The normalized spacial score (nSPS) is 33.5. The van der Waals surface area contributed by atoms with Crippen molar-refractivity contribution >= 4 is 0 Å². The summed E-state index contributed by atoms with van der Waals surface area (Å²) in [6, 6.07) is 0.723. The molecule has 1 unspecified atom stereocenters. The van der Waals surface area contributed by atoms with Gasteiger partial charge in [-0.25, -0.2) is 0 Å². The van der Waals surface area contributed by atoms with Crippen molar-refractivity contribution in [2.75, 3.05) is 13.2 Å². The zero-order chi connectivity index (χ0) is 12.5. The summed E-state index contributed by atoms with van der Waals surface area (Å²) < 4.78 is 6.17. The third-order valence-corrected chi connectivity index (χ3v) is 5.73. The highest BCUT2D eigenvalue weighted by Gasteiger charge is 2.42. The Morgan fingerprint density at radius 2 is 1.89 bits per heavy atom. The summed E-state index contributed by atoms with van der Waals surface area (Å²) >= 11 is 0. The van der Waals surface area contributed by atoms with E-state index in [1.165, 1.54) is 70.8 Å². The van der Waals surface area contributed by atoms with Gasteiger partial charge in [-0.2, -0.15) is 0 Å². The Kier molecular flexibility index (Phi) is 3.68. The van der Waals surface area contributed by atoms with Crippen LogP contribution in [0.1, 0.15) is 71.1 Å². The van der Waals surface area contributed by atoms with E-state index in [2.05, 4.69) is 12.2 Å². The maximum absolute atomic E-state index is 6.17. The van der Waals surface area contributed by atoms with Gasteiger partial charge in [-0.15, -0.1) is 0 Å². The molecule has 2 heteroatoms. The van der Waals surface area contributed by atoms with Crippen LogP contribution < -0.4 is 5.32 Å². The van der Waals surface area contributed by atoms with Crippen molar-refractivity contribution in [3.63, 3.8) is 0 Å². The predicted molar refractivity (Wildman–Crippen MR) is 74.8 cm³/mol. The first kappa shape index (κ1) is 12.9. The van der Waals surface area contributed by atoms with E-state index in [0.717, 1.165) is 12.6 Å². The molecule has 18 heavy (non-hydrogen) atoms. The Hall–Kier alpha value is -0.0800. The molecule has 0 radical (unpaired) electrons. The van der Waals surface area contributed by atoms with E-state index in [0.29, 0.717) is 5.41 Å². The van der Waals surface area contributed by atoms with Crippen LogP contribution in [0.5, 0.6) is 0 Å². The Labute approximate surface area is 112 Å². The van der Waals surface area contributed by atoms with Gasteiger partial charge in [0.15, 0.2) is 0 Å². The molecule has 0 bridgehead atoms. The van der Waals surface area contributed by atoms with Crippen molar-refractivity contribution in [3.05, 3.63) is 0 Å². The zero-order valence-electron chi connectivity index (χ0n) is 12.0. The van der Waals surface area contributed by atoms with Crippen LogP contribution in [-0.2, 0) is 4.74 Å². The first-order chi connectivity index (χ1) is 8.76. The molecule has 1 heterocycles. The number of hydrogen-bond donors (Lipinski definition) is 1. The fourth-order valence-corrected chi connectivity index (χ4v) is 3.94. The average molecular weight is 251 g/mol. The van der Waals surface area contributed by atoms with Gasteiger partial charge >= 0.3 is 0 Å². The maximum Gasteiger partial charge on any atom is 0.0697 e. The SMILES string of the molecule is CCC1(CNC2CCOC3(CCCCC3)C2)CC1. The van der Waals surface area contributed by atoms with Crippen molar-refractivity contribution in [2.45, 2.75) is 82.8 Å². The summed E-state index contributed by atoms with van der Waals surface area (Å²) in [6.07, 6.45) is 13.5. The van der Waals surface area contributed by atoms with Crippen LogP contribution in [0.4, 0.5) is 0 Å². The minimum Gasteiger partial charge on any atom is -0.375 e. The first-order valence-corrected chi connectivity index (χ1v) is 8.13. The molecule has 1 atom stereocenters. The number of ether oxygens (including phenoxy) is 1. The second kappa shape index (κ2) is 5.13. The highest BCUT2D eigenvalue weighted by Crippen LogP contribution is 2.48. The van der Waals surface area contributed by atoms with E-state index in [9.17, 15) is 0 Å². The van der Waals surface area contributed by atoms with E-state index >= 15 is 0 Å².